The zero-order chi connectivity index (χ0) is 9.26. The maximum absolute atomic E-state index is 13.2. The van der Waals surface area contributed by atoms with Crippen molar-refractivity contribution in [2.24, 2.45) is 0 Å². The standard InChI is InChI=1S/C9H9FO3/c10-7-4-9-8(12-5-13-9)3-6(7)1-2-11/h3-4,11H,1-2,5H2. The lowest BCUT2D eigenvalue weighted by Gasteiger charge is -2.02. The second kappa shape index (κ2) is 3.22. The molecular formula is C9H9FO3. The normalized spacial score (nSPS) is 13.4. The molecule has 1 aromatic rings. The summed E-state index contributed by atoms with van der Waals surface area (Å²) < 4.78 is 23.2. The Morgan fingerprint density at radius 3 is 2.69 bits per heavy atom. The number of benzene rings is 1. The summed E-state index contributed by atoms with van der Waals surface area (Å²) in [5, 5.41) is 8.65. The zero-order valence-electron chi connectivity index (χ0n) is 6.92. The molecule has 0 atom stereocenters. The highest BCUT2D eigenvalue weighted by Gasteiger charge is 2.16. The number of ether oxygens (including phenoxy) is 2. The van der Waals surface area contributed by atoms with Crippen molar-refractivity contribution >= 4 is 0 Å². The Balaban J connectivity index is 2.37. The molecule has 0 radical (unpaired) electrons. The third-order valence-electron chi connectivity index (χ3n) is 1.92. The minimum Gasteiger partial charge on any atom is -0.454 e. The highest BCUT2D eigenvalue weighted by Crippen LogP contribution is 2.34. The van der Waals surface area contributed by atoms with Crippen LogP contribution in [0.1, 0.15) is 5.56 Å². The van der Waals surface area contributed by atoms with Crippen molar-refractivity contribution in [2.45, 2.75) is 6.42 Å². The topological polar surface area (TPSA) is 38.7 Å². The molecule has 70 valence electrons. The van der Waals surface area contributed by atoms with Crippen molar-refractivity contribution in [3.05, 3.63) is 23.5 Å². The van der Waals surface area contributed by atoms with Crippen LogP contribution < -0.4 is 9.47 Å². The largest absolute Gasteiger partial charge is 0.454 e. The molecule has 1 aromatic carbocycles. The van der Waals surface area contributed by atoms with Gasteiger partial charge in [-0.25, -0.2) is 4.39 Å². The first-order chi connectivity index (χ1) is 6.31. The quantitative estimate of drug-likeness (QED) is 0.747. The van der Waals surface area contributed by atoms with Crippen LogP contribution in [0.15, 0.2) is 12.1 Å². The van der Waals surface area contributed by atoms with Crippen molar-refractivity contribution in [2.75, 3.05) is 13.4 Å². The van der Waals surface area contributed by atoms with E-state index in [1.165, 1.54) is 6.07 Å². The van der Waals surface area contributed by atoms with Crippen LogP contribution in [0.25, 0.3) is 0 Å². The second-order valence-corrected chi connectivity index (χ2v) is 2.77. The second-order valence-electron chi connectivity index (χ2n) is 2.77. The van der Waals surface area contributed by atoms with E-state index in [9.17, 15) is 4.39 Å². The third kappa shape index (κ3) is 1.45. The van der Waals surface area contributed by atoms with E-state index in [2.05, 4.69) is 0 Å². The average molecular weight is 184 g/mol. The molecule has 3 nitrogen and oxygen atoms in total. The summed E-state index contributed by atoms with van der Waals surface area (Å²) in [6.07, 6.45) is 0.294. The van der Waals surface area contributed by atoms with Crippen LogP contribution in [0.5, 0.6) is 11.5 Å². The van der Waals surface area contributed by atoms with E-state index in [0.29, 0.717) is 23.5 Å². The monoisotopic (exact) mass is 184 g/mol. The van der Waals surface area contributed by atoms with Crippen LogP contribution >= 0.6 is 0 Å². The van der Waals surface area contributed by atoms with Gasteiger partial charge in [-0.15, -0.1) is 0 Å². The smallest absolute Gasteiger partial charge is 0.231 e. The van der Waals surface area contributed by atoms with Crippen molar-refractivity contribution in [1.29, 1.82) is 0 Å². The van der Waals surface area contributed by atoms with Gasteiger partial charge in [0, 0.05) is 12.7 Å². The van der Waals surface area contributed by atoms with Crippen molar-refractivity contribution in [3.8, 4) is 11.5 Å². The fraction of sp³-hybridized carbons (Fsp3) is 0.333. The minimum absolute atomic E-state index is 0.0729. The third-order valence-corrected chi connectivity index (χ3v) is 1.92. The van der Waals surface area contributed by atoms with Crippen LogP contribution in [0.3, 0.4) is 0 Å². The number of rotatable bonds is 2. The van der Waals surface area contributed by atoms with Crippen molar-refractivity contribution < 1.29 is 19.0 Å². The minimum atomic E-state index is -0.363. The Morgan fingerprint density at radius 2 is 2.00 bits per heavy atom. The Labute approximate surface area is 74.7 Å². The number of aliphatic hydroxyl groups excluding tert-OH is 1. The van der Waals surface area contributed by atoms with E-state index in [0.717, 1.165) is 0 Å². The summed E-state index contributed by atoms with van der Waals surface area (Å²) in [5.74, 6) is 0.613. The summed E-state index contributed by atoms with van der Waals surface area (Å²) in [7, 11) is 0. The van der Waals surface area contributed by atoms with Gasteiger partial charge in [0.1, 0.15) is 5.82 Å². The molecule has 1 heterocycles. The molecule has 0 bridgehead atoms. The molecule has 0 saturated carbocycles. The Kier molecular flexibility index (Phi) is 2.06. The molecule has 0 saturated heterocycles. The molecule has 1 aliphatic rings. The van der Waals surface area contributed by atoms with E-state index in [1.807, 2.05) is 0 Å². The van der Waals surface area contributed by atoms with E-state index in [-0.39, 0.29) is 19.2 Å². The number of hydrogen-bond acceptors (Lipinski definition) is 3. The molecule has 4 heteroatoms. The van der Waals surface area contributed by atoms with E-state index < -0.39 is 0 Å². The lowest BCUT2D eigenvalue weighted by atomic mass is 10.1. The number of hydrogen-bond donors (Lipinski definition) is 1. The fourth-order valence-corrected chi connectivity index (χ4v) is 1.27. The maximum Gasteiger partial charge on any atom is 0.231 e. The van der Waals surface area contributed by atoms with Gasteiger partial charge in [0.2, 0.25) is 6.79 Å². The van der Waals surface area contributed by atoms with Gasteiger partial charge in [0.25, 0.3) is 0 Å². The number of aliphatic hydroxyl groups is 1. The number of fused-ring (bicyclic) bond motifs is 1. The molecule has 13 heavy (non-hydrogen) atoms. The zero-order valence-corrected chi connectivity index (χ0v) is 6.92. The molecule has 0 amide bonds. The Hall–Kier alpha value is -1.29. The first-order valence-electron chi connectivity index (χ1n) is 4.00. The Bertz CT molecular complexity index is 325. The summed E-state index contributed by atoms with van der Waals surface area (Å²) >= 11 is 0. The van der Waals surface area contributed by atoms with E-state index in [1.54, 1.807) is 6.07 Å². The predicted octanol–water partition coefficient (Wildman–Crippen LogP) is 1.09. The molecular weight excluding hydrogens is 175 g/mol. The summed E-state index contributed by atoms with van der Waals surface area (Å²) in [4.78, 5) is 0. The molecule has 0 spiro atoms. The summed E-state index contributed by atoms with van der Waals surface area (Å²) in [6, 6.07) is 2.85. The van der Waals surface area contributed by atoms with Crippen LogP contribution in [-0.4, -0.2) is 18.5 Å². The molecule has 2 rings (SSSR count). The van der Waals surface area contributed by atoms with Gasteiger partial charge in [-0.1, -0.05) is 0 Å². The lowest BCUT2D eigenvalue weighted by Crippen LogP contribution is -1.94. The van der Waals surface area contributed by atoms with Crippen LogP contribution in [0.2, 0.25) is 0 Å². The van der Waals surface area contributed by atoms with E-state index in [4.69, 9.17) is 14.6 Å². The molecule has 1 aliphatic heterocycles. The predicted molar refractivity (Wildman–Crippen MR) is 43.3 cm³/mol. The average Bonchev–Trinajstić information content (AvgIpc) is 2.52. The van der Waals surface area contributed by atoms with Gasteiger partial charge in [-0.05, 0) is 18.1 Å². The highest BCUT2D eigenvalue weighted by molar-refractivity contribution is 5.45. The summed E-state index contributed by atoms with van der Waals surface area (Å²) in [5.41, 5.74) is 0.451. The summed E-state index contributed by atoms with van der Waals surface area (Å²) in [6.45, 7) is 0.0634. The molecule has 0 aromatic heterocycles. The van der Waals surface area contributed by atoms with Crippen molar-refractivity contribution in [1.82, 2.24) is 0 Å². The highest BCUT2D eigenvalue weighted by atomic mass is 19.1. The fourth-order valence-electron chi connectivity index (χ4n) is 1.27. The first kappa shape index (κ1) is 8.31. The van der Waals surface area contributed by atoms with Gasteiger partial charge in [0.15, 0.2) is 11.5 Å². The van der Waals surface area contributed by atoms with E-state index >= 15 is 0 Å². The van der Waals surface area contributed by atoms with Crippen LogP contribution in [-0.2, 0) is 6.42 Å². The van der Waals surface area contributed by atoms with Gasteiger partial charge >= 0.3 is 0 Å². The van der Waals surface area contributed by atoms with Gasteiger partial charge < -0.3 is 14.6 Å². The SMILES string of the molecule is OCCc1cc2c(cc1F)OCO2. The first-order valence-corrected chi connectivity index (χ1v) is 4.00. The van der Waals surface area contributed by atoms with Gasteiger partial charge in [-0.3, -0.25) is 0 Å². The maximum atomic E-state index is 13.2. The lowest BCUT2D eigenvalue weighted by molar-refractivity contribution is 0.174. The molecule has 0 unspecified atom stereocenters. The molecule has 0 aliphatic carbocycles. The molecule has 0 fully saturated rings. The molecule has 1 N–H and O–H groups in total. The number of halogens is 1. The van der Waals surface area contributed by atoms with Gasteiger partial charge in [-0.2, -0.15) is 0 Å². The van der Waals surface area contributed by atoms with Crippen LogP contribution in [0, 0.1) is 5.82 Å². The van der Waals surface area contributed by atoms with Crippen LogP contribution in [0.4, 0.5) is 4.39 Å². The Morgan fingerprint density at radius 1 is 1.31 bits per heavy atom. The van der Waals surface area contributed by atoms with Gasteiger partial charge in [0.05, 0.1) is 0 Å². The van der Waals surface area contributed by atoms with Crippen molar-refractivity contribution in [3.63, 3.8) is 0 Å².